The lowest BCUT2D eigenvalue weighted by molar-refractivity contribution is 0.189. The van der Waals surface area contributed by atoms with Gasteiger partial charge in [-0.05, 0) is 0 Å². The lowest BCUT2D eigenvalue weighted by Gasteiger charge is -2.03. The van der Waals surface area contributed by atoms with Gasteiger partial charge < -0.3 is 4.74 Å². The Bertz CT molecular complexity index is 115. The van der Waals surface area contributed by atoms with Gasteiger partial charge >= 0.3 is 0 Å². The molecule has 1 rings (SSSR count). The number of hydrogen-bond acceptors (Lipinski definition) is 3. The normalized spacial score (nSPS) is 18.2. The van der Waals surface area contributed by atoms with Crippen LogP contribution in [-0.2, 0) is 4.74 Å². The molecule has 0 unspecified atom stereocenters. The molecule has 1 heterocycles. The fraction of sp³-hybridized carbons (Fsp3) is 0.750. The number of ether oxygens (including phenoxy) is 1. The topological polar surface area (TPSA) is 24.8 Å². The molecule has 46 valence electrons. The largest absolute Gasteiger partial charge is 0.457 e. The molecular formula is C4H7ClN2O. The van der Waals surface area contributed by atoms with Gasteiger partial charge in [0.25, 0.3) is 0 Å². The lowest BCUT2D eigenvalue weighted by Crippen LogP contribution is -2.11. The van der Waals surface area contributed by atoms with E-state index in [9.17, 15) is 0 Å². The van der Waals surface area contributed by atoms with Crippen molar-refractivity contribution in [2.24, 2.45) is 5.10 Å². The van der Waals surface area contributed by atoms with E-state index in [1.54, 1.807) is 11.9 Å². The van der Waals surface area contributed by atoms with Gasteiger partial charge in [0, 0.05) is 6.92 Å². The van der Waals surface area contributed by atoms with Crippen LogP contribution in [0.15, 0.2) is 5.10 Å². The molecule has 3 nitrogen and oxygen atoms in total. The van der Waals surface area contributed by atoms with Crippen molar-refractivity contribution in [3.8, 4) is 0 Å². The van der Waals surface area contributed by atoms with Crippen molar-refractivity contribution >= 4 is 17.5 Å². The molecule has 0 spiro atoms. The number of hydrogen-bond donors (Lipinski definition) is 0. The second-order valence-electron chi connectivity index (χ2n) is 1.52. The van der Waals surface area contributed by atoms with E-state index in [0.717, 1.165) is 0 Å². The van der Waals surface area contributed by atoms with E-state index in [-0.39, 0.29) is 0 Å². The third-order valence-electron chi connectivity index (χ3n) is 0.843. The Morgan fingerprint density at radius 3 is 3.00 bits per heavy atom. The summed E-state index contributed by atoms with van der Waals surface area (Å²) in [6.07, 6.45) is 0. The summed E-state index contributed by atoms with van der Waals surface area (Å²) in [5.41, 5.74) is 0. The molecule has 0 aromatic carbocycles. The van der Waals surface area contributed by atoms with Crippen LogP contribution in [0, 0.1) is 0 Å². The summed E-state index contributed by atoms with van der Waals surface area (Å²) in [6.45, 7) is 2.29. The van der Waals surface area contributed by atoms with Crippen molar-refractivity contribution in [2.75, 3.05) is 12.7 Å². The van der Waals surface area contributed by atoms with Gasteiger partial charge in [-0.15, -0.1) is 16.7 Å². The first-order chi connectivity index (χ1) is 3.83. The second-order valence-corrected chi connectivity index (χ2v) is 1.76. The summed E-state index contributed by atoms with van der Waals surface area (Å²) in [7, 11) is 0. The van der Waals surface area contributed by atoms with Crippen LogP contribution in [0.2, 0.25) is 0 Å². The third kappa shape index (κ3) is 1.04. The molecule has 0 N–H and O–H groups in total. The van der Waals surface area contributed by atoms with Gasteiger partial charge in [-0.25, -0.2) is 5.01 Å². The zero-order valence-electron chi connectivity index (χ0n) is 4.59. The highest BCUT2D eigenvalue weighted by Gasteiger charge is 2.07. The van der Waals surface area contributed by atoms with Crippen LogP contribution in [-0.4, -0.2) is 23.6 Å². The average molecular weight is 135 g/mol. The summed E-state index contributed by atoms with van der Waals surface area (Å²) < 4.78 is 4.95. The summed E-state index contributed by atoms with van der Waals surface area (Å²) in [5.74, 6) is 0.686. The molecule has 0 amide bonds. The van der Waals surface area contributed by atoms with Gasteiger partial charge in [-0.1, -0.05) is 0 Å². The number of nitrogens with zero attached hydrogens (tertiary/aromatic N) is 2. The van der Waals surface area contributed by atoms with Crippen LogP contribution in [0.1, 0.15) is 6.92 Å². The molecule has 1 aliphatic heterocycles. The maximum absolute atomic E-state index is 5.41. The summed E-state index contributed by atoms with van der Waals surface area (Å²) >= 11 is 5.41. The van der Waals surface area contributed by atoms with Crippen molar-refractivity contribution < 1.29 is 4.74 Å². The van der Waals surface area contributed by atoms with Crippen LogP contribution in [0.3, 0.4) is 0 Å². The standard InChI is InChI=1S/C4H7ClN2O/c1-4-6-7(2-5)3-8-4/h2-3H2,1H3. The van der Waals surface area contributed by atoms with Gasteiger partial charge in [0.05, 0.1) is 0 Å². The first kappa shape index (κ1) is 5.69. The maximum Gasteiger partial charge on any atom is 0.204 e. The molecule has 0 aromatic heterocycles. The predicted octanol–water partition coefficient (Wildman–Crippen LogP) is 0.806. The second kappa shape index (κ2) is 2.22. The molecule has 0 bridgehead atoms. The van der Waals surface area contributed by atoms with E-state index >= 15 is 0 Å². The monoisotopic (exact) mass is 134 g/mol. The molecule has 0 atom stereocenters. The highest BCUT2D eigenvalue weighted by molar-refractivity contribution is 6.17. The Kier molecular flexibility index (Phi) is 1.58. The average Bonchev–Trinajstić information content (AvgIpc) is 2.14. The quantitative estimate of drug-likeness (QED) is 0.392. The predicted molar refractivity (Wildman–Crippen MR) is 31.6 cm³/mol. The van der Waals surface area contributed by atoms with Crippen LogP contribution in [0.4, 0.5) is 0 Å². The minimum atomic E-state index is 0.400. The van der Waals surface area contributed by atoms with Crippen LogP contribution in [0.25, 0.3) is 0 Å². The molecule has 0 aliphatic carbocycles. The Hall–Kier alpha value is -0.440. The van der Waals surface area contributed by atoms with Gasteiger partial charge in [-0.2, -0.15) is 0 Å². The SMILES string of the molecule is CC1=NN(CCl)CO1. The van der Waals surface area contributed by atoms with E-state index in [2.05, 4.69) is 5.10 Å². The lowest BCUT2D eigenvalue weighted by atomic mass is 10.8. The highest BCUT2D eigenvalue weighted by Crippen LogP contribution is 2.01. The maximum atomic E-state index is 5.41. The van der Waals surface area contributed by atoms with Crippen LogP contribution < -0.4 is 0 Å². The third-order valence-corrected chi connectivity index (χ3v) is 1.12. The number of hydrazone groups is 1. The molecule has 4 heteroatoms. The highest BCUT2D eigenvalue weighted by atomic mass is 35.5. The van der Waals surface area contributed by atoms with Crippen LogP contribution in [0.5, 0.6) is 0 Å². The summed E-state index contributed by atoms with van der Waals surface area (Å²) in [6, 6.07) is 0.400. The molecule has 8 heavy (non-hydrogen) atoms. The van der Waals surface area contributed by atoms with Gasteiger partial charge in [-0.3, -0.25) is 0 Å². The molecular weight excluding hydrogens is 128 g/mol. The fourth-order valence-corrected chi connectivity index (χ4v) is 0.609. The first-order valence-corrected chi connectivity index (χ1v) is 2.85. The zero-order valence-corrected chi connectivity index (χ0v) is 5.35. The Morgan fingerprint density at radius 1 is 2.00 bits per heavy atom. The van der Waals surface area contributed by atoms with Gasteiger partial charge in [0.2, 0.25) is 5.90 Å². The van der Waals surface area contributed by atoms with Crippen molar-refractivity contribution in [3.05, 3.63) is 0 Å². The van der Waals surface area contributed by atoms with E-state index in [0.29, 0.717) is 18.6 Å². The van der Waals surface area contributed by atoms with E-state index < -0.39 is 0 Å². The number of alkyl halides is 1. The van der Waals surface area contributed by atoms with Gasteiger partial charge in [0.1, 0.15) is 6.00 Å². The molecule has 0 saturated heterocycles. The molecule has 0 fully saturated rings. The Morgan fingerprint density at radius 2 is 2.75 bits per heavy atom. The van der Waals surface area contributed by atoms with E-state index in [1.165, 1.54) is 0 Å². The van der Waals surface area contributed by atoms with E-state index in [1.807, 2.05) is 0 Å². The fourth-order valence-electron chi connectivity index (χ4n) is 0.486. The Balaban J connectivity index is 2.41. The molecule has 0 radical (unpaired) electrons. The minimum Gasteiger partial charge on any atom is -0.457 e. The number of halogens is 1. The molecule has 0 aromatic rings. The first-order valence-electron chi connectivity index (χ1n) is 2.32. The van der Waals surface area contributed by atoms with Crippen molar-refractivity contribution in [1.29, 1.82) is 0 Å². The summed E-state index contributed by atoms with van der Waals surface area (Å²) in [4.78, 5) is 0. The zero-order chi connectivity index (χ0) is 5.98. The van der Waals surface area contributed by atoms with Gasteiger partial charge in [0.15, 0.2) is 6.73 Å². The minimum absolute atomic E-state index is 0.400. The molecule has 1 aliphatic rings. The number of rotatable bonds is 1. The summed E-state index contributed by atoms with van der Waals surface area (Å²) in [5, 5.41) is 5.54. The van der Waals surface area contributed by atoms with Crippen molar-refractivity contribution in [1.82, 2.24) is 5.01 Å². The van der Waals surface area contributed by atoms with Crippen molar-refractivity contribution in [3.63, 3.8) is 0 Å². The van der Waals surface area contributed by atoms with Crippen molar-refractivity contribution in [2.45, 2.75) is 6.92 Å². The Labute approximate surface area is 52.9 Å². The van der Waals surface area contributed by atoms with Crippen LogP contribution >= 0.6 is 11.6 Å². The molecule has 0 saturated carbocycles. The van der Waals surface area contributed by atoms with E-state index in [4.69, 9.17) is 16.3 Å². The smallest absolute Gasteiger partial charge is 0.204 e.